The summed E-state index contributed by atoms with van der Waals surface area (Å²) in [7, 11) is 0. The molecule has 204 valence electrons. The molecule has 8 rings (SSSR count). The quantitative estimate of drug-likeness (QED) is 0.213. The Hall–Kier alpha value is -5.61. The lowest BCUT2D eigenvalue weighted by Gasteiger charge is -2.12. The van der Waals surface area contributed by atoms with Crippen LogP contribution in [0.1, 0.15) is 17.7 Å². The highest BCUT2D eigenvalue weighted by atomic mass is 16.3. The van der Waals surface area contributed by atoms with Crippen LogP contribution in [0.5, 0.6) is 0 Å². The molecule has 0 N–H and O–H groups in total. The van der Waals surface area contributed by atoms with Gasteiger partial charge in [-0.05, 0) is 35.6 Å². The molecular weight excluding hydrogens is 526 g/mol. The maximum atomic E-state index is 6.35. The summed E-state index contributed by atoms with van der Waals surface area (Å²) in [6.45, 7) is 0. The maximum absolute atomic E-state index is 6.35. The Morgan fingerprint density at radius 2 is 1.02 bits per heavy atom. The van der Waals surface area contributed by atoms with E-state index in [-0.39, 0.29) is 0 Å². The molecule has 0 atom stereocenters. The lowest BCUT2D eigenvalue weighted by molar-refractivity contribution is 0.596. The molecule has 4 nitrogen and oxygen atoms in total. The summed E-state index contributed by atoms with van der Waals surface area (Å²) in [5.74, 6) is 2.90. The van der Waals surface area contributed by atoms with E-state index in [1.807, 2.05) is 42.5 Å². The van der Waals surface area contributed by atoms with Crippen molar-refractivity contribution < 1.29 is 4.42 Å². The van der Waals surface area contributed by atoms with Gasteiger partial charge in [-0.1, -0.05) is 133 Å². The largest absolute Gasteiger partial charge is 0.456 e. The first-order chi connectivity index (χ1) is 21.3. The number of allylic oxidation sites excluding steroid dienone is 1. The van der Waals surface area contributed by atoms with Crippen LogP contribution in [0.25, 0.3) is 73.5 Å². The Labute approximate surface area is 250 Å². The minimum Gasteiger partial charge on any atom is -0.456 e. The third-order valence-corrected chi connectivity index (χ3v) is 8.05. The molecule has 0 fully saturated rings. The average molecular weight is 554 g/mol. The van der Waals surface area contributed by atoms with Crippen molar-refractivity contribution in [1.29, 1.82) is 0 Å². The second-order valence-electron chi connectivity index (χ2n) is 10.7. The van der Waals surface area contributed by atoms with Gasteiger partial charge in [0.25, 0.3) is 0 Å². The molecule has 1 aliphatic carbocycles. The zero-order valence-electron chi connectivity index (χ0n) is 23.4. The predicted molar refractivity (Wildman–Crippen MR) is 174 cm³/mol. The van der Waals surface area contributed by atoms with Gasteiger partial charge < -0.3 is 4.42 Å². The number of furan rings is 1. The van der Waals surface area contributed by atoms with Crippen molar-refractivity contribution in [2.75, 3.05) is 0 Å². The summed E-state index contributed by atoms with van der Waals surface area (Å²) in [5, 5.41) is 1.20. The maximum Gasteiger partial charge on any atom is 0.164 e. The van der Waals surface area contributed by atoms with Gasteiger partial charge in [-0.25, -0.2) is 15.0 Å². The van der Waals surface area contributed by atoms with Crippen molar-refractivity contribution >= 4 is 17.0 Å². The minimum atomic E-state index is 0.634. The SMILES string of the molecule is C1=Cc2oc3c(-c4ccc(-c5nc(-c6ccccc6)nc(-c6ccccc6-c6ccccc6)n5)cc4)cccc3c2CC1. The molecule has 43 heavy (non-hydrogen) atoms. The Balaban J connectivity index is 1.24. The summed E-state index contributed by atoms with van der Waals surface area (Å²) in [5.41, 5.74) is 9.47. The third kappa shape index (κ3) is 4.63. The topological polar surface area (TPSA) is 51.8 Å². The third-order valence-electron chi connectivity index (χ3n) is 8.05. The van der Waals surface area contributed by atoms with Crippen LogP contribution in [0, 0.1) is 0 Å². The second-order valence-corrected chi connectivity index (χ2v) is 10.7. The van der Waals surface area contributed by atoms with Gasteiger partial charge in [-0.3, -0.25) is 0 Å². The van der Waals surface area contributed by atoms with Crippen molar-refractivity contribution in [2.45, 2.75) is 12.8 Å². The highest BCUT2D eigenvalue weighted by Gasteiger charge is 2.18. The van der Waals surface area contributed by atoms with Crippen LogP contribution in [0.15, 0.2) is 138 Å². The first-order valence-corrected chi connectivity index (χ1v) is 14.6. The Kier molecular flexibility index (Phi) is 6.23. The van der Waals surface area contributed by atoms with E-state index in [1.165, 1.54) is 10.9 Å². The zero-order chi connectivity index (χ0) is 28.6. The van der Waals surface area contributed by atoms with E-state index in [0.717, 1.165) is 63.1 Å². The molecule has 0 saturated carbocycles. The molecule has 7 aromatic rings. The molecule has 0 aliphatic heterocycles. The van der Waals surface area contributed by atoms with Gasteiger partial charge in [-0.2, -0.15) is 0 Å². The first kappa shape index (κ1) is 25.1. The van der Waals surface area contributed by atoms with E-state index < -0.39 is 0 Å². The monoisotopic (exact) mass is 553 g/mol. The number of rotatable bonds is 5. The van der Waals surface area contributed by atoms with Crippen LogP contribution >= 0.6 is 0 Å². The van der Waals surface area contributed by atoms with Crippen molar-refractivity contribution in [1.82, 2.24) is 15.0 Å². The molecule has 5 aromatic carbocycles. The van der Waals surface area contributed by atoms with Crippen LogP contribution in [0.3, 0.4) is 0 Å². The standard InChI is InChI=1S/C39H27N3O/c1-3-12-26(13-4-1)30-16-7-8-18-34(30)39-41-37(28-14-5-2-6-15-28)40-38(42-39)29-24-22-27(23-25-29)31-19-11-20-33-32-17-9-10-21-35(32)43-36(31)33/h1-8,10-16,18-25H,9,17H2. The number of hydrogen-bond donors (Lipinski definition) is 0. The number of fused-ring (bicyclic) bond motifs is 3. The minimum absolute atomic E-state index is 0.634. The highest BCUT2D eigenvalue weighted by Crippen LogP contribution is 2.38. The molecule has 4 heteroatoms. The summed E-state index contributed by atoms with van der Waals surface area (Å²) >= 11 is 0. The van der Waals surface area contributed by atoms with Crippen LogP contribution in [0.2, 0.25) is 0 Å². The number of para-hydroxylation sites is 1. The number of aryl methyl sites for hydroxylation is 1. The molecule has 1 aliphatic rings. The summed E-state index contributed by atoms with van der Waals surface area (Å²) < 4.78 is 6.35. The van der Waals surface area contributed by atoms with Crippen molar-refractivity contribution in [3.05, 3.63) is 145 Å². The number of nitrogens with zero attached hydrogens (tertiary/aromatic N) is 3. The van der Waals surface area contributed by atoms with E-state index in [4.69, 9.17) is 19.4 Å². The molecule has 0 spiro atoms. The van der Waals surface area contributed by atoms with Gasteiger partial charge >= 0.3 is 0 Å². The van der Waals surface area contributed by atoms with Gasteiger partial charge in [0, 0.05) is 33.2 Å². The van der Waals surface area contributed by atoms with Gasteiger partial charge in [-0.15, -0.1) is 0 Å². The number of hydrogen-bond acceptors (Lipinski definition) is 4. The summed E-state index contributed by atoms with van der Waals surface area (Å²) in [6, 6.07) is 43.6. The molecule has 2 aromatic heterocycles. The lowest BCUT2D eigenvalue weighted by Crippen LogP contribution is -2.01. The number of aromatic nitrogens is 3. The Bertz CT molecular complexity index is 2110. The number of benzene rings is 5. The fraction of sp³-hybridized carbons (Fsp3) is 0.0513. The summed E-state index contributed by atoms with van der Waals surface area (Å²) in [6.07, 6.45) is 6.35. The van der Waals surface area contributed by atoms with E-state index in [2.05, 4.69) is 97.1 Å². The molecule has 0 saturated heterocycles. The van der Waals surface area contributed by atoms with E-state index in [9.17, 15) is 0 Å². The van der Waals surface area contributed by atoms with E-state index in [1.54, 1.807) is 0 Å². The van der Waals surface area contributed by atoms with E-state index >= 15 is 0 Å². The van der Waals surface area contributed by atoms with Crippen LogP contribution in [0.4, 0.5) is 0 Å². The molecule has 2 heterocycles. The van der Waals surface area contributed by atoms with Crippen molar-refractivity contribution in [3.63, 3.8) is 0 Å². The Morgan fingerprint density at radius 3 is 1.77 bits per heavy atom. The molecular formula is C39H27N3O. The van der Waals surface area contributed by atoms with Crippen LogP contribution < -0.4 is 0 Å². The van der Waals surface area contributed by atoms with E-state index in [0.29, 0.717) is 17.5 Å². The predicted octanol–water partition coefficient (Wildman–Crippen LogP) is 9.91. The van der Waals surface area contributed by atoms with Gasteiger partial charge in [0.1, 0.15) is 11.3 Å². The van der Waals surface area contributed by atoms with Gasteiger partial charge in [0.05, 0.1) is 0 Å². The molecule has 0 bridgehead atoms. The molecule has 0 radical (unpaired) electrons. The Morgan fingerprint density at radius 1 is 0.465 bits per heavy atom. The molecule has 0 amide bonds. The van der Waals surface area contributed by atoms with Crippen molar-refractivity contribution in [3.8, 4) is 56.4 Å². The summed E-state index contributed by atoms with van der Waals surface area (Å²) in [4.78, 5) is 15.0. The highest BCUT2D eigenvalue weighted by molar-refractivity contribution is 5.96. The van der Waals surface area contributed by atoms with Gasteiger partial charge in [0.15, 0.2) is 17.5 Å². The molecule has 0 unspecified atom stereocenters. The first-order valence-electron chi connectivity index (χ1n) is 14.6. The van der Waals surface area contributed by atoms with Crippen LogP contribution in [-0.4, -0.2) is 15.0 Å². The average Bonchev–Trinajstić information content (AvgIpc) is 3.48. The van der Waals surface area contributed by atoms with Crippen molar-refractivity contribution in [2.24, 2.45) is 0 Å². The normalized spacial score (nSPS) is 12.4. The fourth-order valence-corrected chi connectivity index (χ4v) is 5.91. The van der Waals surface area contributed by atoms with Gasteiger partial charge in [0.2, 0.25) is 0 Å². The fourth-order valence-electron chi connectivity index (χ4n) is 5.91. The second kappa shape index (κ2) is 10.7. The smallest absolute Gasteiger partial charge is 0.164 e. The zero-order valence-corrected chi connectivity index (χ0v) is 23.4. The lowest BCUT2D eigenvalue weighted by atomic mass is 9.97. The van der Waals surface area contributed by atoms with Crippen LogP contribution in [-0.2, 0) is 6.42 Å².